The lowest BCUT2D eigenvalue weighted by molar-refractivity contribution is -0.960. The highest BCUT2D eigenvalue weighted by Gasteiger charge is 2.23. The summed E-state index contributed by atoms with van der Waals surface area (Å²) in [5.41, 5.74) is 4.12. The molecule has 176 valence electrons. The number of hydrogen-bond donors (Lipinski definition) is 1. The molecule has 0 spiro atoms. The van der Waals surface area contributed by atoms with Crippen molar-refractivity contribution >= 4 is 12.0 Å². The second-order valence-corrected chi connectivity index (χ2v) is 9.00. The van der Waals surface area contributed by atoms with E-state index in [9.17, 15) is 4.79 Å². The summed E-state index contributed by atoms with van der Waals surface area (Å²) in [6.07, 6.45) is 20.9. The number of nitrogens with one attached hydrogen (secondary N) is 1. The van der Waals surface area contributed by atoms with E-state index in [1.165, 1.54) is 77.0 Å². The first-order valence-corrected chi connectivity index (χ1v) is 12.5. The standard InChI is InChI=1S/C27H46N2O2/c1-4-5-6-7-8-9-10-11-12-13-14-15-19-24-29(2,25-31-3)28-27(30)23-22-26-20-17-16-18-21-26/h16-18,20-23H,4-15,19,24-25H2,1-3H3/p+1. The maximum Gasteiger partial charge on any atom is 0.288 e. The van der Waals surface area contributed by atoms with Crippen LogP contribution in [0.2, 0.25) is 0 Å². The van der Waals surface area contributed by atoms with Crippen LogP contribution in [0.25, 0.3) is 6.08 Å². The van der Waals surface area contributed by atoms with Crippen LogP contribution in [0.4, 0.5) is 0 Å². The van der Waals surface area contributed by atoms with Gasteiger partial charge in [0.1, 0.15) is 6.54 Å². The summed E-state index contributed by atoms with van der Waals surface area (Å²) < 4.78 is 5.78. The third-order valence-electron chi connectivity index (χ3n) is 5.78. The second-order valence-electron chi connectivity index (χ2n) is 9.00. The zero-order valence-electron chi connectivity index (χ0n) is 20.4. The molecule has 0 aliphatic heterocycles. The minimum absolute atomic E-state index is 0.0851. The third kappa shape index (κ3) is 14.9. The molecule has 4 nitrogen and oxygen atoms in total. The van der Waals surface area contributed by atoms with Gasteiger partial charge in [0.05, 0.1) is 7.05 Å². The molecule has 0 aliphatic rings. The van der Waals surface area contributed by atoms with Crippen molar-refractivity contribution in [1.29, 1.82) is 0 Å². The summed E-state index contributed by atoms with van der Waals surface area (Å²) in [6, 6.07) is 9.88. The second kappa shape index (κ2) is 18.0. The Bertz CT molecular complexity index is 588. The first kappa shape index (κ1) is 27.4. The van der Waals surface area contributed by atoms with E-state index in [2.05, 4.69) is 12.3 Å². The number of carbonyl (C=O) groups excluding carboxylic acids is 1. The van der Waals surface area contributed by atoms with Gasteiger partial charge in [-0.2, -0.15) is 5.43 Å². The van der Waals surface area contributed by atoms with E-state index >= 15 is 0 Å². The molecule has 0 heterocycles. The van der Waals surface area contributed by atoms with Gasteiger partial charge >= 0.3 is 0 Å². The van der Waals surface area contributed by atoms with E-state index in [1.807, 2.05) is 43.5 Å². The third-order valence-corrected chi connectivity index (χ3v) is 5.78. The van der Waals surface area contributed by atoms with Crippen molar-refractivity contribution in [3.8, 4) is 0 Å². The van der Waals surface area contributed by atoms with Crippen molar-refractivity contribution < 1.29 is 14.1 Å². The number of hydrogen-bond acceptors (Lipinski definition) is 2. The number of benzene rings is 1. The lowest BCUT2D eigenvalue weighted by Crippen LogP contribution is -2.58. The summed E-state index contributed by atoms with van der Waals surface area (Å²) in [5.74, 6) is -0.0851. The molecular formula is C27H47N2O2+. The van der Waals surface area contributed by atoms with Crippen LogP contribution in [-0.4, -0.2) is 37.9 Å². The van der Waals surface area contributed by atoms with E-state index in [0.717, 1.165) is 18.5 Å². The topological polar surface area (TPSA) is 38.3 Å². The van der Waals surface area contributed by atoms with Crippen molar-refractivity contribution in [3.05, 3.63) is 42.0 Å². The number of nitrogens with zero attached hydrogens (tertiary/aromatic N) is 1. The van der Waals surface area contributed by atoms with Gasteiger partial charge in [0.2, 0.25) is 6.73 Å². The van der Waals surface area contributed by atoms with Crippen LogP contribution in [-0.2, 0) is 9.53 Å². The van der Waals surface area contributed by atoms with Crippen molar-refractivity contribution in [2.45, 2.75) is 90.4 Å². The molecule has 1 rings (SSSR count). The van der Waals surface area contributed by atoms with Crippen LogP contribution in [0, 0.1) is 0 Å². The predicted molar refractivity (Wildman–Crippen MR) is 132 cm³/mol. The quantitative estimate of drug-likeness (QED) is 0.0853. The highest BCUT2D eigenvalue weighted by Crippen LogP contribution is 2.13. The average molecular weight is 432 g/mol. The predicted octanol–water partition coefficient (Wildman–Crippen LogP) is 6.87. The van der Waals surface area contributed by atoms with Crippen molar-refractivity contribution in [1.82, 2.24) is 5.43 Å². The number of unbranched alkanes of at least 4 members (excludes halogenated alkanes) is 12. The van der Waals surface area contributed by atoms with E-state index in [4.69, 9.17) is 4.74 Å². The molecule has 0 fully saturated rings. The molecule has 1 atom stereocenters. The number of ether oxygens (including phenoxy) is 1. The number of quaternary nitrogens is 1. The van der Waals surface area contributed by atoms with E-state index in [1.54, 1.807) is 13.2 Å². The summed E-state index contributed by atoms with van der Waals surface area (Å²) in [6.45, 7) is 3.64. The van der Waals surface area contributed by atoms with Gasteiger partial charge in [-0.05, 0) is 24.5 Å². The SMILES string of the molecule is CCCCCCCCCCCCCCC[N+](C)(COC)NC(=O)C=Cc1ccccc1. The van der Waals surface area contributed by atoms with Crippen molar-refractivity contribution in [3.63, 3.8) is 0 Å². The molecule has 0 saturated heterocycles. The van der Waals surface area contributed by atoms with Crippen molar-refractivity contribution in [2.75, 3.05) is 27.4 Å². The zero-order valence-corrected chi connectivity index (χ0v) is 20.4. The van der Waals surface area contributed by atoms with E-state index < -0.39 is 0 Å². The van der Waals surface area contributed by atoms with Gasteiger partial charge in [0.25, 0.3) is 5.91 Å². The van der Waals surface area contributed by atoms with Crippen LogP contribution in [0.1, 0.15) is 96.0 Å². The molecule has 1 N–H and O–H groups in total. The molecule has 4 heteroatoms. The Morgan fingerprint density at radius 3 is 1.90 bits per heavy atom. The molecule has 0 saturated carbocycles. The van der Waals surface area contributed by atoms with Gasteiger partial charge in [-0.15, -0.1) is 0 Å². The Hall–Kier alpha value is -1.65. The van der Waals surface area contributed by atoms with Crippen LogP contribution in [0.5, 0.6) is 0 Å². The first-order chi connectivity index (χ1) is 15.1. The maximum absolute atomic E-state index is 12.4. The molecule has 1 aromatic carbocycles. The largest absolute Gasteiger partial charge is 0.333 e. The molecule has 1 amide bonds. The van der Waals surface area contributed by atoms with Gasteiger partial charge in [-0.1, -0.05) is 108 Å². The van der Waals surface area contributed by atoms with Crippen LogP contribution >= 0.6 is 0 Å². The molecule has 1 aromatic rings. The first-order valence-electron chi connectivity index (χ1n) is 12.5. The molecule has 0 bridgehead atoms. The van der Waals surface area contributed by atoms with Gasteiger partial charge in [0, 0.05) is 13.2 Å². The molecular weight excluding hydrogens is 384 g/mol. The molecule has 0 aromatic heterocycles. The van der Waals surface area contributed by atoms with E-state index in [-0.39, 0.29) is 5.91 Å². The zero-order chi connectivity index (χ0) is 22.6. The van der Waals surface area contributed by atoms with E-state index in [0.29, 0.717) is 11.3 Å². The number of amides is 1. The monoisotopic (exact) mass is 431 g/mol. The highest BCUT2D eigenvalue weighted by atomic mass is 16.5. The lowest BCUT2D eigenvalue weighted by atomic mass is 10.0. The molecule has 0 aliphatic carbocycles. The number of methoxy groups -OCH3 is 1. The maximum atomic E-state index is 12.4. The summed E-state index contributed by atoms with van der Waals surface area (Å²) >= 11 is 0. The normalized spacial score (nSPS) is 13.4. The van der Waals surface area contributed by atoms with Crippen molar-refractivity contribution in [2.24, 2.45) is 0 Å². The Balaban J connectivity index is 2.14. The number of rotatable bonds is 19. The Kier molecular flexibility index (Phi) is 15.9. The van der Waals surface area contributed by atoms with Gasteiger partial charge in [-0.3, -0.25) is 4.79 Å². The molecule has 31 heavy (non-hydrogen) atoms. The van der Waals surface area contributed by atoms with Gasteiger partial charge in [-0.25, -0.2) is 4.59 Å². The Morgan fingerprint density at radius 1 is 0.871 bits per heavy atom. The minimum Gasteiger partial charge on any atom is -0.333 e. The highest BCUT2D eigenvalue weighted by molar-refractivity contribution is 5.90. The summed E-state index contributed by atoms with van der Waals surface area (Å²) in [7, 11) is 3.71. The lowest BCUT2D eigenvalue weighted by Gasteiger charge is -2.32. The average Bonchev–Trinajstić information content (AvgIpc) is 2.76. The van der Waals surface area contributed by atoms with Crippen LogP contribution in [0.15, 0.2) is 36.4 Å². The fourth-order valence-corrected chi connectivity index (χ4v) is 3.96. The van der Waals surface area contributed by atoms with Gasteiger partial charge < -0.3 is 4.74 Å². The smallest absolute Gasteiger partial charge is 0.288 e. The van der Waals surface area contributed by atoms with Gasteiger partial charge in [0.15, 0.2) is 0 Å². The Labute approximate surface area is 191 Å². The minimum atomic E-state index is -0.0851. The molecule has 0 radical (unpaired) electrons. The van der Waals surface area contributed by atoms with Crippen LogP contribution < -0.4 is 5.43 Å². The molecule has 1 unspecified atom stereocenters. The van der Waals surface area contributed by atoms with Crippen LogP contribution in [0.3, 0.4) is 0 Å². The fraction of sp³-hybridized carbons (Fsp3) is 0.667. The number of carbonyl (C=O) groups is 1. The fourth-order valence-electron chi connectivity index (χ4n) is 3.96. The summed E-state index contributed by atoms with van der Waals surface area (Å²) in [5, 5.41) is 0. The summed E-state index contributed by atoms with van der Waals surface area (Å²) in [4.78, 5) is 12.4. The Morgan fingerprint density at radius 2 is 1.39 bits per heavy atom.